The highest BCUT2D eigenvalue weighted by Gasteiger charge is 2.21. The van der Waals surface area contributed by atoms with Gasteiger partial charge < -0.3 is 15.2 Å². The quantitative estimate of drug-likeness (QED) is 0.766. The van der Waals surface area contributed by atoms with E-state index in [1.807, 2.05) is 0 Å². The summed E-state index contributed by atoms with van der Waals surface area (Å²) < 4.78 is 23.2. The minimum absolute atomic E-state index is 0.0262. The van der Waals surface area contributed by atoms with Crippen molar-refractivity contribution >= 4 is 0 Å². The molecule has 1 aliphatic rings. The van der Waals surface area contributed by atoms with Gasteiger partial charge >= 0.3 is 0 Å². The van der Waals surface area contributed by atoms with Crippen LogP contribution in [-0.2, 0) is 11.3 Å². The van der Waals surface area contributed by atoms with Crippen LogP contribution in [0, 0.1) is 5.82 Å². The van der Waals surface area contributed by atoms with Crippen LogP contribution in [0.2, 0.25) is 0 Å². The first-order valence-corrected chi connectivity index (χ1v) is 4.38. The lowest BCUT2D eigenvalue weighted by molar-refractivity contribution is -0.0817. The summed E-state index contributed by atoms with van der Waals surface area (Å²) in [6.07, 6.45) is 1.15. The average molecular weight is 198 g/mol. The van der Waals surface area contributed by atoms with Crippen molar-refractivity contribution in [1.82, 2.24) is 4.98 Å². The number of hydrogen-bond donors (Lipinski definition) is 1. The summed E-state index contributed by atoms with van der Waals surface area (Å²) >= 11 is 0. The molecule has 4 nitrogen and oxygen atoms in total. The highest BCUT2D eigenvalue weighted by Crippen LogP contribution is 2.19. The van der Waals surface area contributed by atoms with E-state index in [0.717, 1.165) is 6.20 Å². The molecule has 0 aromatic carbocycles. The number of pyridine rings is 1. The molecule has 0 atom stereocenters. The van der Waals surface area contributed by atoms with E-state index in [-0.39, 0.29) is 12.6 Å². The molecule has 0 radical (unpaired) electrons. The van der Waals surface area contributed by atoms with Crippen molar-refractivity contribution in [2.45, 2.75) is 12.6 Å². The topological polar surface area (TPSA) is 57.4 Å². The molecule has 1 aromatic rings. The van der Waals surface area contributed by atoms with Crippen LogP contribution in [-0.4, -0.2) is 24.3 Å². The first kappa shape index (κ1) is 9.36. The van der Waals surface area contributed by atoms with E-state index >= 15 is 0 Å². The van der Waals surface area contributed by atoms with Gasteiger partial charge in [0, 0.05) is 12.1 Å². The first-order chi connectivity index (χ1) is 6.79. The van der Waals surface area contributed by atoms with Crippen LogP contribution in [0.4, 0.5) is 4.39 Å². The summed E-state index contributed by atoms with van der Waals surface area (Å²) in [7, 11) is 0. The molecular formula is C9H11FN2O2. The van der Waals surface area contributed by atoms with Gasteiger partial charge in [-0.3, -0.25) is 0 Å². The standard InChI is InChI=1S/C9H11FN2O2/c10-7-1-6(2-11)9(12-3-7)14-8-4-13-5-8/h1,3,8H,2,4-5,11H2. The second kappa shape index (κ2) is 3.89. The lowest BCUT2D eigenvalue weighted by Crippen LogP contribution is -2.39. The van der Waals surface area contributed by atoms with E-state index in [0.29, 0.717) is 24.7 Å². The number of ether oxygens (including phenoxy) is 2. The van der Waals surface area contributed by atoms with Crippen molar-refractivity contribution in [3.8, 4) is 5.88 Å². The lowest BCUT2D eigenvalue weighted by atomic mass is 10.2. The van der Waals surface area contributed by atoms with E-state index < -0.39 is 5.82 Å². The Hall–Kier alpha value is -1.20. The minimum atomic E-state index is -0.400. The molecule has 0 saturated carbocycles. The molecule has 0 bridgehead atoms. The van der Waals surface area contributed by atoms with Crippen LogP contribution in [0.3, 0.4) is 0 Å². The summed E-state index contributed by atoms with van der Waals surface area (Å²) in [5.74, 6) is 0.00450. The van der Waals surface area contributed by atoms with Gasteiger partial charge in [-0.1, -0.05) is 0 Å². The van der Waals surface area contributed by atoms with Crippen LogP contribution in [0.5, 0.6) is 5.88 Å². The smallest absolute Gasteiger partial charge is 0.218 e. The van der Waals surface area contributed by atoms with E-state index in [9.17, 15) is 4.39 Å². The Morgan fingerprint density at radius 1 is 1.64 bits per heavy atom. The van der Waals surface area contributed by atoms with Gasteiger partial charge in [-0.25, -0.2) is 9.37 Å². The summed E-state index contributed by atoms with van der Waals surface area (Å²) in [6.45, 7) is 1.33. The Morgan fingerprint density at radius 3 is 3.00 bits per heavy atom. The molecule has 0 spiro atoms. The highest BCUT2D eigenvalue weighted by atomic mass is 19.1. The maximum Gasteiger partial charge on any atom is 0.218 e. The van der Waals surface area contributed by atoms with Gasteiger partial charge in [0.05, 0.1) is 19.4 Å². The molecule has 0 amide bonds. The maximum atomic E-state index is 12.8. The van der Waals surface area contributed by atoms with Crippen molar-refractivity contribution in [3.05, 3.63) is 23.6 Å². The van der Waals surface area contributed by atoms with Gasteiger partial charge in [-0.2, -0.15) is 0 Å². The van der Waals surface area contributed by atoms with Crippen molar-refractivity contribution in [1.29, 1.82) is 0 Å². The molecule has 1 aliphatic heterocycles. The Kier molecular flexibility index (Phi) is 2.60. The summed E-state index contributed by atoms with van der Waals surface area (Å²) in [4.78, 5) is 3.84. The zero-order valence-corrected chi connectivity index (χ0v) is 7.57. The molecule has 1 fully saturated rings. The monoisotopic (exact) mass is 198 g/mol. The van der Waals surface area contributed by atoms with Gasteiger partial charge in [0.1, 0.15) is 11.9 Å². The van der Waals surface area contributed by atoms with Crippen LogP contribution < -0.4 is 10.5 Å². The molecule has 0 aliphatic carbocycles. The normalized spacial score (nSPS) is 16.4. The average Bonchev–Trinajstić information content (AvgIpc) is 2.13. The third-order valence-electron chi connectivity index (χ3n) is 2.00. The molecule has 2 N–H and O–H groups in total. The predicted molar refractivity (Wildman–Crippen MR) is 47.3 cm³/mol. The number of nitrogens with zero attached hydrogens (tertiary/aromatic N) is 1. The van der Waals surface area contributed by atoms with Crippen LogP contribution in [0.25, 0.3) is 0 Å². The number of hydrogen-bond acceptors (Lipinski definition) is 4. The molecule has 2 rings (SSSR count). The van der Waals surface area contributed by atoms with E-state index in [1.165, 1.54) is 6.07 Å². The zero-order valence-electron chi connectivity index (χ0n) is 7.57. The largest absolute Gasteiger partial charge is 0.469 e. The summed E-state index contributed by atoms with van der Waals surface area (Å²) in [5.41, 5.74) is 6.02. The Bertz CT molecular complexity index is 329. The third-order valence-corrected chi connectivity index (χ3v) is 2.00. The van der Waals surface area contributed by atoms with Crippen molar-refractivity contribution in [2.24, 2.45) is 5.73 Å². The number of rotatable bonds is 3. The van der Waals surface area contributed by atoms with Crippen molar-refractivity contribution < 1.29 is 13.9 Å². The maximum absolute atomic E-state index is 12.8. The fourth-order valence-electron chi connectivity index (χ4n) is 1.16. The highest BCUT2D eigenvalue weighted by molar-refractivity contribution is 5.26. The molecule has 1 saturated heterocycles. The Labute approximate surface area is 80.8 Å². The zero-order chi connectivity index (χ0) is 9.97. The fourth-order valence-corrected chi connectivity index (χ4v) is 1.16. The third kappa shape index (κ3) is 1.83. The van der Waals surface area contributed by atoms with Gasteiger partial charge in [0.2, 0.25) is 5.88 Å². The SMILES string of the molecule is NCc1cc(F)cnc1OC1COC1. The fraction of sp³-hybridized carbons (Fsp3) is 0.444. The number of nitrogens with two attached hydrogens (primary N) is 1. The van der Waals surface area contributed by atoms with Crippen LogP contribution >= 0.6 is 0 Å². The predicted octanol–water partition coefficient (Wildman–Crippen LogP) is 0.457. The number of aromatic nitrogens is 1. The lowest BCUT2D eigenvalue weighted by Gasteiger charge is -2.26. The second-order valence-corrected chi connectivity index (χ2v) is 3.10. The number of halogens is 1. The van der Waals surface area contributed by atoms with Gasteiger partial charge in [0.25, 0.3) is 0 Å². The van der Waals surface area contributed by atoms with E-state index in [2.05, 4.69) is 4.98 Å². The second-order valence-electron chi connectivity index (χ2n) is 3.10. The van der Waals surface area contributed by atoms with Gasteiger partial charge in [0.15, 0.2) is 0 Å². The van der Waals surface area contributed by atoms with E-state index in [4.69, 9.17) is 15.2 Å². The molecule has 1 aromatic heterocycles. The summed E-state index contributed by atoms with van der Waals surface area (Å²) in [5, 5.41) is 0. The molecule has 76 valence electrons. The summed E-state index contributed by atoms with van der Waals surface area (Å²) in [6, 6.07) is 1.34. The molecule has 14 heavy (non-hydrogen) atoms. The van der Waals surface area contributed by atoms with Crippen molar-refractivity contribution in [2.75, 3.05) is 13.2 Å². The molecule has 5 heteroatoms. The van der Waals surface area contributed by atoms with Gasteiger partial charge in [-0.15, -0.1) is 0 Å². The Balaban J connectivity index is 2.14. The molecule has 0 unspecified atom stereocenters. The minimum Gasteiger partial charge on any atom is -0.469 e. The van der Waals surface area contributed by atoms with Gasteiger partial charge in [-0.05, 0) is 6.07 Å². The van der Waals surface area contributed by atoms with Crippen LogP contribution in [0.15, 0.2) is 12.3 Å². The Morgan fingerprint density at radius 2 is 2.43 bits per heavy atom. The molecular weight excluding hydrogens is 187 g/mol. The van der Waals surface area contributed by atoms with E-state index in [1.54, 1.807) is 0 Å². The van der Waals surface area contributed by atoms with Crippen molar-refractivity contribution in [3.63, 3.8) is 0 Å². The first-order valence-electron chi connectivity index (χ1n) is 4.38. The van der Waals surface area contributed by atoms with Crippen LogP contribution in [0.1, 0.15) is 5.56 Å². The molecule has 2 heterocycles.